The van der Waals surface area contributed by atoms with Gasteiger partial charge in [0, 0.05) is 37.6 Å². The van der Waals surface area contributed by atoms with Crippen molar-refractivity contribution in [2.75, 3.05) is 5.32 Å². The molecule has 1 amide bonds. The van der Waals surface area contributed by atoms with E-state index in [1.54, 1.807) is 30.5 Å². The van der Waals surface area contributed by atoms with E-state index in [1.165, 1.54) is 0 Å². The van der Waals surface area contributed by atoms with Crippen molar-refractivity contribution in [1.29, 1.82) is 0 Å². The Hall–Kier alpha value is -2.35. The van der Waals surface area contributed by atoms with Gasteiger partial charge in [0.2, 0.25) is 0 Å². The lowest BCUT2D eigenvalue weighted by molar-refractivity contribution is 0.0634. The predicted molar refractivity (Wildman–Crippen MR) is 82.2 cm³/mol. The molecule has 3 N–H and O–H groups in total. The summed E-state index contributed by atoms with van der Waals surface area (Å²) in [5, 5.41) is 10.2. The maximum atomic E-state index is 11.9. The number of anilines is 1. The van der Waals surface area contributed by atoms with E-state index in [9.17, 15) is 4.79 Å². The molecule has 0 fully saturated rings. The highest BCUT2D eigenvalue weighted by Crippen LogP contribution is 2.16. The minimum absolute atomic E-state index is 0.495. The van der Waals surface area contributed by atoms with Gasteiger partial charge >= 0.3 is 6.09 Å². The summed E-state index contributed by atoms with van der Waals surface area (Å²) >= 11 is 0. The second kappa shape index (κ2) is 6.61. The van der Waals surface area contributed by atoms with Crippen LogP contribution in [0.3, 0.4) is 0 Å². The van der Waals surface area contributed by atoms with Crippen molar-refractivity contribution in [3.63, 3.8) is 0 Å². The molecule has 0 radical (unpaired) electrons. The number of carbonyl (C=O) groups excluding carboxylic acids is 1. The van der Waals surface area contributed by atoms with Gasteiger partial charge in [-0.3, -0.25) is 10.00 Å². The molecular weight excluding hydrogens is 284 g/mol. The van der Waals surface area contributed by atoms with Crippen LogP contribution in [0.5, 0.6) is 0 Å². The molecule has 0 aromatic carbocycles. The van der Waals surface area contributed by atoms with Gasteiger partial charge < -0.3 is 15.0 Å². The Labute approximate surface area is 129 Å². The van der Waals surface area contributed by atoms with Crippen LogP contribution in [0.25, 0.3) is 0 Å². The predicted octanol–water partition coefficient (Wildman–Crippen LogP) is 1.78. The van der Waals surface area contributed by atoms with Crippen LogP contribution < -0.4 is 10.6 Å². The fourth-order valence-corrected chi connectivity index (χ4v) is 1.89. The van der Waals surface area contributed by atoms with Crippen LogP contribution in [0.15, 0.2) is 18.7 Å². The number of amides is 1. The topological polar surface area (TPSA) is 96.9 Å². The number of H-pyrrole nitrogens is 1. The quantitative estimate of drug-likeness (QED) is 0.782. The van der Waals surface area contributed by atoms with Crippen LogP contribution in [0.4, 0.5) is 10.6 Å². The van der Waals surface area contributed by atoms with Gasteiger partial charge in [0.05, 0.1) is 12.5 Å². The number of aryl methyl sites for hydroxylation is 1. The lowest BCUT2D eigenvalue weighted by Gasteiger charge is -2.20. The molecule has 0 atom stereocenters. The zero-order valence-electron chi connectivity index (χ0n) is 13.3. The number of nitrogens with one attached hydrogen (secondary N) is 3. The molecule has 0 aliphatic rings. The molecule has 120 valence electrons. The molecule has 0 bridgehead atoms. The van der Waals surface area contributed by atoms with Crippen molar-refractivity contribution in [2.24, 2.45) is 7.05 Å². The summed E-state index contributed by atoms with van der Waals surface area (Å²) in [5.41, 5.74) is 1.33. The largest absolute Gasteiger partial charge is 0.444 e. The molecule has 8 heteroatoms. The monoisotopic (exact) mass is 306 g/mol. The SMILES string of the molecule is Cn1ncc(CNCc2cnc[nH]2)c1NC(=O)OC(C)(C)C. The molecule has 2 rings (SSSR count). The number of ether oxygens (including phenoxy) is 1. The highest BCUT2D eigenvalue weighted by atomic mass is 16.6. The van der Waals surface area contributed by atoms with Gasteiger partial charge in [-0.15, -0.1) is 0 Å². The Morgan fingerprint density at radius 2 is 2.14 bits per heavy atom. The van der Waals surface area contributed by atoms with Crippen molar-refractivity contribution >= 4 is 11.9 Å². The van der Waals surface area contributed by atoms with Gasteiger partial charge in [0.15, 0.2) is 0 Å². The molecule has 2 aromatic heterocycles. The van der Waals surface area contributed by atoms with E-state index in [4.69, 9.17) is 4.74 Å². The maximum Gasteiger partial charge on any atom is 0.413 e. The Balaban J connectivity index is 1.94. The molecule has 22 heavy (non-hydrogen) atoms. The molecule has 0 saturated heterocycles. The van der Waals surface area contributed by atoms with Crippen molar-refractivity contribution < 1.29 is 9.53 Å². The summed E-state index contributed by atoms with van der Waals surface area (Å²) in [6, 6.07) is 0. The smallest absolute Gasteiger partial charge is 0.413 e. The summed E-state index contributed by atoms with van der Waals surface area (Å²) in [6.07, 6.45) is 4.62. The van der Waals surface area contributed by atoms with Gasteiger partial charge in [-0.1, -0.05) is 0 Å². The normalized spacial score (nSPS) is 11.5. The van der Waals surface area contributed by atoms with Gasteiger partial charge in [-0.05, 0) is 20.8 Å². The number of rotatable bonds is 5. The van der Waals surface area contributed by atoms with Crippen molar-refractivity contribution in [1.82, 2.24) is 25.1 Å². The van der Waals surface area contributed by atoms with Crippen LogP contribution in [-0.2, 0) is 24.9 Å². The van der Waals surface area contributed by atoms with Crippen molar-refractivity contribution in [2.45, 2.75) is 39.5 Å². The third kappa shape index (κ3) is 4.59. The number of hydrogen-bond acceptors (Lipinski definition) is 5. The van der Waals surface area contributed by atoms with Gasteiger partial charge in [-0.2, -0.15) is 5.10 Å². The average molecular weight is 306 g/mol. The molecule has 2 aromatic rings. The van der Waals surface area contributed by atoms with Crippen LogP contribution in [-0.4, -0.2) is 31.4 Å². The number of carbonyl (C=O) groups is 1. The van der Waals surface area contributed by atoms with Crippen LogP contribution in [0.2, 0.25) is 0 Å². The first-order valence-electron chi connectivity index (χ1n) is 7.04. The minimum atomic E-state index is -0.540. The summed E-state index contributed by atoms with van der Waals surface area (Å²) < 4.78 is 6.87. The second-order valence-electron chi connectivity index (χ2n) is 5.95. The Morgan fingerprint density at radius 3 is 2.77 bits per heavy atom. The third-order valence-corrected chi connectivity index (χ3v) is 2.82. The standard InChI is InChI=1S/C14H22N6O2/c1-14(2,3)22-13(21)19-12-10(6-18-20(12)4)5-15-7-11-8-16-9-17-11/h6,8-9,15H,5,7H2,1-4H3,(H,16,17)(H,19,21). The Morgan fingerprint density at radius 1 is 1.36 bits per heavy atom. The first-order valence-corrected chi connectivity index (χ1v) is 7.04. The van der Waals surface area contributed by atoms with E-state index in [-0.39, 0.29) is 0 Å². The summed E-state index contributed by atoms with van der Waals surface area (Å²) in [4.78, 5) is 18.9. The highest BCUT2D eigenvalue weighted by molar-refractivity contribution is 5.84. The van der Waals surface area contributed by atoms with E-state index in [0.29, 0.717) is 18.9 Å². The Bertz CT molecular complexity index is 612. The molecule has 0 saturated carbocycles. The van der Waals surface area contributed by atoms with E-state index < -0.39 is 11.7 Å². The lowest BCUT2D eigenvalue weighted by Crippen LogP contribution is -2.28. The molecule has 0 aliphatic carbocycles. The van der Waals surface area contributed by atoms with E-state index in [2.05, 4.69) is 25.7 Å². The molecule has 0 spiro atoms. The Kier molecular flexibility index (Phi) is 4.81. The number of nitrogens with zero attached hydrogens (tertiary/aromatic N) is 3. The molecule has 0 unspecified atom stereocenters. The molecule has 2 heterocycles. The third-order valence-electron chi connectivity index (χ3n) is 2.82. The van der Waals surface area contributed by atoms with Crippen LogP contribution in [0, 0.1) is 0 Å². The minimum Gasteiger partial charge on any atom is -0.444 e. The van der Waals surface area contributed by atoms with E-state index in [1.807, 2.05) is 20.8 Å². The number of imidazole rings is 1. The van der Waals surface area contributed by atoms with Crippen LogP contribution in [0.1, 0.15) is 32.0 Å². The fourth-order valence-electron chi connectivity index (χ4n) is 1.89. The van der Waals surface area contributed by atoms with Crippen molar-refractivity contribution in [3.05, 3.63) is 30.0 Å². The highest BCUT2D eigenvalue weighted by Gasteiger charge is 2.18. The van der Waals surface area contributed by atoms with Gasteiger partial charge in [-0.25, -0.2) is 9.78 Å². The number of aromatic amines is 1. The zero-order chi connectivity index (χ0) is 16.2. The van der Waals surface area contributed by atoms with Gasteiger partial charge in [0.1, 0.15) is 11.4 Å². The molecular formula is C14H22N6O2. The van der Waals surface area contributed by atoms with Crippen molar-refractivity contribution in [3.8, 4) is 0 Å². The zero-order valence-corrected chi connectivity index (χ0v) is 13.3. The fraction of sp³-hybridized carbons (Fsp3) is 0.500. The summed E-state index contributed by atoms with van der Waals surface area (Å²) in [6.45, 7) is 6.69. The van der Waals surface area contributed by atoms with Crippen LogP contribution >= 0.6 is 0 Å². The summed E-state index contributed by atoms with van der Waals surface area (Å²) in [5.74, 6) is 0.617. The number of hydrogen-bond donors (Lipinski definition) is 3. The first kappa shape index (κ1) is 16.0. The second-order valence-corrected chi connectivity index (χ2v) is 5.95. The number of aromatic nitrogens is 4. The van der Waals surface area contributed by atoms with Gasteiger partial charge in [0.25, 0.3) is 0 Å². The lowest BCUT2D eigenvalue weighted by atomic mass is 10.2. The first-order chi connectivity index (χ1) is 10.3. The maximum absolute atomic E-state index is 11.9. The molecule has 8 nitrogen and oxygen atoms in total. The van der Waals surface area contributed by atoms with E-state index in [0.717, 1.165) is 11.3 Å². The molecule has 0 aliphatic heterocycles. The summed E-state index contributed by atoms with van der Waals surface area (Å²) in [7, 11) is 1.77. The average Bonchev–Trinajstić information content (AvgIpc) is 3.01. The van der Waals surface area contributed by atoms with E-state index >= 15 is 0 Å².